The Balaban J connectivity index is 1.37. The molecule has 6 heteroatoms. The van der Waals surface area contributed by atoms with Crippen molar-refractivity contribution in [1.82, 2.24) is 19.5 Å². The number of para-hydroxylation sites is 1. The van der Waals surface area contributed by atoms with Gasteiger partial charge >= 0.3 is 0 Å². The van der Waals surface area contributed by atoms with Crippen molar-refractivity contribution in [2.75, 3.05) is 0 Å². The highest BCUT2D eigenvalue weighted by Crippen LogP contribution is 2.39. The van der Waals surface area contributed by atoms with E-state index in [2.05, 4.69) is 118 Å². The van der Waals surface area contributed by atoms with Crippen LogP contribution in [0.15, 0.2) is 115 Å². The third-order valence-electron chi connectivity index (χ3n) is 7.22. The molecule has 0 amide bonds. The molecular weight excluding hydrogens is 520 g/mol. The van der Waals surface area contributed by atoms with Gasteiger partial charge in [0.15, 0.2) is 5.82 Å². The van der Waals surface area contributed by atoms with Crippen molar-refractivity contribution < 1.29 is 0 Å². The Labute approximate surface area is 232 Å². The topological polar surface area (TPSA) is 43.6 Å². The van der Waals surface area contributed by atoms with E-state index in [1.54, 1.807) is 11.3 Å². The Kier molecular flexibility index (Phi) is 5.02. The molecule has 0 saturated heterocycles. The Bertz CT molecular complexity index is 2200. The van der Waals surface area contributed by atoms with Gasteiger partial charge < -0.3 is 0 Å². The molecule has 0 aliphatic rings. The maximum atomic E-state index is 6.56. The summed E-state index contributed by atoms with van der Waals surface area (Å²) in [6.45, 7) is 0. The summed E-state index contributed by atoms with van der Waals surface area (Å²) in [6.07, 6.45) is 0. The van der Waals surface area contributed by atoms with Gasteiger partial charge in [-0.05, 0) is 47.0 Å². The monoisotopic (exact) mass is 538 g/mol. The first-order valence-corrected chi connectivity index (χ1v) is 13.9. The molecule has 0 bridgehead atoms. The van der Waals surface area contributed by atoms with Crippen LogP contribution in [0.2, 0.25) is 5.28 Å². The molecule has 0 fully saturated rings. The maximum absolute atomic E-state index is 6.56. The SMILES string of the molecule is Clc1nc(-c2ccc3c(c2)sc2ccccc23)nc(-n2c3ccccc3c3c(-c4ccccc4)cccc32)n1. The van der Waals surface area contributed by atoms with E-state index in [1.165, 1.54) is 25.7 Å². The lowest BCUT2D eigenvalue weighted by Crippen LogP contribution is -2.04. The van der Waals surface area contributed by atoms with Crippen molar-refractivity contribution >= 4 is 64.9 Å². The van der Waals surface area contributed by atoms with E-state index < -0.39 is 0 Å². The van der Waals surface area contributed by atoms with Gasteiger partial charge in [-0.25, -0.2) is 0 Å². The van der Waals surface area contributed by atoms with Gasteiger partial charge in [0.2, 0.25) is 11.2 Å². The number of hydrogen-bond donors (Lipinski definition) is 0. The number of rotatable bonds is 3. The largest absolute Gasteiger partial charge is 0.278 e. The average molecular weight is 539 g/mol. The fourth-order valence-corrected chi connectivity index (χ4v) is 6.83. The fourth-order valence-electron chi connectivity index (χ4n) is 5.53. The van der Waals surface area contributed by atoms with E-state index in [0.29, 0.717) is 11.8 Å². The van der Waals surface area contributed by atoms with Crippen molar-refractivity contribution in [2.24, 2.45) is 0 Å². The predicted octanol–water partition coefficient (Wildman–Crippen LogP) is 9.32. The molecule has 184 valence electrons. The molecule has 0 unspecified atom stereocenters. The van der Waals surface area contributed by atoms with Crippen LogP contribution in [0, 0.1) is 0 Å². The van der Waals surface area contributed by atoms with E-state index in [0.717, 1.165) is 32.9 Å². The van der Waals surface area contributed by atoms with Crippen LogP contribution < -0.4 is 0 Å². The lowest BCUT2D eigenvalue weighted by molar-refractivity contribution is 0.947. The molecule has 0 N–H and O–H groups in total. The number of nitrogens with zero attached hydrogens (tertiary/aromatic N) is 4. The smallest absolute Gasteiger partial charge is 0.239 e. The minimum absolute atomic E-state index is 0.164. The summed E-state index contributed by atoms with van der Waals surface area (Å²) in [7, 11) is 0. The lowest BCUT2D eigenvalue weighted by atomic mass is 9.99. The van der Waals surface area contributed by atoms with Crippen LogP contribution in [0.3, 0.4) is 0 Å². The van der Waals surface area contributed by atoms with Crippen molar-refractivity contribution in [2.45, 2.75) is 0 Å². The molecule has 0 radical (unpaired) electrons. The van der Waals surface area contributed by atoms with Crippen LogP contribution in [-0.2, 0) is 0 Å². The summed E-state index contributed by atoms with van der Waals surface area (Å²) in [5.74, 6) is 1.05. The second-order valence-electron chi connectivity index (χ2n) is 9.46. The Morgan fingerprint density at radius 2 is 1.31 bits per heavy atom. The minimum atomic E-state index is 0.164. The first kappa shape index (κ1) is 22.4. The highest BCUT2D eigenvalue weighted by atomic mass is 35.5. The molecular formula is C33H19ClN4S. The van der Waals surface area contributed by atoms with Crippen LogP contribution >= 0.6 is 22.9 Å². The molecule has 3 heterocycles. The zero-order chi connectivity index (χ0) is 25.9. The van der Waals surface area contributed by atoms with Crippen molar-refractivity contribution in [3.05, 3.63) is 121 Å². The zero-order valence-corrected chi connectivity index (χ0v) is 22.1. The number of benzene rings is 5. The van der Waals surface area contributed by atoms with Gasteiger partial charge in [0.25, 0.3) is 0 Å². The van der Waals surface area contributed by atoms with Gasteiger partial charge in [0.05, 0.1) is 11.0 Å². The number of halogens is 1. The summed E-state index contributed by atoms with van der Waals surface area (Å²) < 4.78 is 4.54. The summed E-state index contributed by atoms with van der Waals surface area (Å²) in [5.41, 5.74) is 5.27. The normalized spacial score (nSPS) is 11.7. The molecule has 39 heavy (non-hydrogen) atoms. The first-order valence-electron chi connectivity index (χ1n) is 12.7. The van der Waals surface area contributed by atoms with E-state index >= 15 is 0 Å². The summed E-state index contributed by atoms with van der Waals surface area (Å²) in [6, 6.07) is 40.0. The second kappa shape index (κ2) is 8.73. The number of thiophene rings is 1. The molecule has 0 saturated carbocycles. The molecule has 0 aliphatic heterocycles. The molecule has 8 rings (SSSR count). The van der Waals surface area contributed by atoms with Gasteiger partial charge in [-0.3, -0.25) is 4.57 Å². The third kappa shape index (κ3) is 3.55. The van der Waals surface area contributed by atoms with Gasteiger partial charge in [-0.15, -0.1) is 11.3 Å². The van der Waals surface area contributed by atoms with Crippen LogP contribution in [0.4, 0.5) is 0 Å². The number of hydrogen-bond acceptors (Lipinski definition) is 4. The molecule has 4 nitrogen and oxygen atoms in total. The van der Waals surface area contributed by atoms with Crippen molar-refractivity contribution in [3.63, 3.8) is 0 Å². The summed E-state index contributed by atoms with van der Waals surface area (Å²) in [5, 5.41) is 4.95. The summed E-state index contributed by atoms with van der Waals surface area (Å²) in [4.78, 5) is 14.1. The molecule has 5 aromatic carbocycles. The van der Waals surface area contributed by atoms with E-state index in [4.69, 9.17) is 16.6 Å². The predicted molar refractivity (Wildman–Crippen MR) is 163 cm³/mol. The van der Waals surface area contributed by atoms with Crippen LogP contribution in [0.5, 0.6) is 0 Å². The fraction of sp³-hybridized carbons (Fsp3) is 0. The van der Waals surface area contributed by atoms with Crippen molar-refractivity contribution in [3.8, 4) is 28.5 Å². The quantitative estimate of drug-likeness (QED) is 0.225. The Morgan fingerprint density at radius 3 is 2.21 bits per heavy atom. The van der Waals surface area contributed by atoms with Crippen molar-refractivity contribution in [1.29, 1.82) is 0 Å². The molecule has 8 aromatic rings. The van der Waals surface area contributed by atoms with Crippen LogP contribution in [-0.4, -0.2) is 19.5 Å². The molecule has 0 aliphatic carbocycles. The van der Waals surface area contributed by atoms with E-state index in [-0.39, 0.29) is 5.28 Å². The lowest BCUT2D eigenvalue weighted by Gasteiger charge is -2.09. The Hall–Kier alpha value is -4.58. The standard InChI is InChI=1S/C33H19ClN4S/c34-32-35-31(21-17-18-24-23-11-5-7-16-28(23)39-29(24)19-21)36-33(37-32)38-26-14-6-4-12-25(26)30-22(13-8-15-27(30)38)20-9-2-1-3-10-20/h1-19H. The highest BCUT2D eigenvalue weighted by Gasteiger charge is 2.19. The minimum Gasteiger partial charge on any atom is -0.278 e. The Morgan fingerprint density at radius 1 is 0.564 bits per heavy atom. The molecule has 0 spiro atoms. The van der Waals surface area contributed by atoms with Crippen LogP contribution in [0.25, 0.3) is 70.4 Å². The average Bonchev–Trinajstić information content (AvgIpc) is 3.52. The first-order chi connectivity index (χ1) is 19.2. The summed E-state index contributed by atoms with van der Waals surface area (Å²) >= 11 is 8.33. The zero-order valence-electron chi connectivity index (χ0n) is 20.5. The maximum Gasteiger partial charge on any atom is 0.239 e. The molecule has 3 aromatic heterocycles. The van der Waals surface area contributed by atoms with Gasteiger partial charge in [0, 0.05) is 36.5 Å². The third-order valence-corrected chi connectivity index (χ3v) is 8.52. The molecule has 0 atom stereocenters. The number of aromatic nitrogens is 4. The highest BCUT2D eigenvalue weighted by molar-refractivity contribution is 7.25. The number of fused-ring (bicyclic) bond motifs is 6. The van der Waals surface area contributed by atoms with Gasteiger partial charge in [-0.1, -0.05) is 91.0 Å². The van der Waals surface area contributed by atoms with Crippen LogP contribution in [0.1, 0.15) is 0 Å². The van der Waals surface area contributed by atoms with E-state index in [1.807, 2.05) is 12.1 Å². The van der Waals surface area contributed by atoms with E-state index in [9.17, 15) is 0 Å². The van der Waals surface area contributed by atoms with Gasteiger partial charge in [0.1, 0.15) is 0 Å². The van der Waals surface area contributed by atoms with Gasteiger partial charge in [-0.2, -0.15) is 15.0 Å². The second-order valence-corrected chi connectivity index (χ2v) is 10.9.